The highest BCUT2D eigenvalue weighted by molar-refractivity contribution is 6.53. The SMILES string of the molecule is C/C=C(\C(=N)C(=O)OC)c1ccc(O)c(C2=CCCC(F)=C2C2CCC2)c1. The summed E-state index contributed by atoms with van der Waals surface area (Å²) >= 11 is 0. The smallest absolute Gasteiger partial charge is 0.356 e. The van der Waals surface area contributed by atoms with Crippen LogP contribution in [0, 0.1) is 11.3 Å². The van der Waals surface area contributed by atoms with Gasteiger partial charge in [-0.25, -0.2) is 9.18 Å². The van der Waals surface area contributed by atoms with Gasteiger partial charge in [-0.2, -0.15) is 0 Å². The molecule has 0 aromatic heterocycles. The van der Waals surface area contributed by atoms with E-state index in [1.807, 2.05) is 6.08 Å². The van der Waals surface area contributed by atoms with E-state index in [-0.39, 0.29) is 23.2 Å². The highest BCUT2D eigenvalue weighted by atomic mass is 19.1. The molecule has 0 radical (unpaired) electrons. The average molecular weight is 369 g/mol. The second kappa shape index (κ2) is 7.91. The van der Waals surface area contributed by atoms with Gasteiger partial charge in [0.05, 0.1) is 7.11 Å². The maximum absolute atomic E-state index is 14.6. The number of phenols is 1. The second-order valence-electron chi connectivity index (χ2n) is 6.90. The first kappa shape index (κ1) is 19.1. The molecule has 2 aliphatic rings. The van der Waals surface area contributed by atoms with Crippen LogP contribution in [-0.2, 0) is 9.53 Å². The van der Waals surface area contributed by atoms with E-state index < -0.39 is 5.97 Å². The molecule has 0 heterocycles. The zero-order chi connectivity index (χ0) is 19.6. The third-order valence-corrected chi connectivity index (χ3v) is 5.35. The van der Waals surface area contributed by atoms with Crippen molar-refractivity contribution in [3.8, 4) is 5.75 Å². The Hall–Kier alpha value is -2.69. The molecule has 0 unspecified atom stereocenters. The second-order valence-corrected chi connectivity index (χ2v) is 6.90. The number of benzene rings is 1. The number of phenolic OH excluding ortho intramolecular Hbond substituents is 1. The van der Waals surface area contributed by atoms with Crippen LogP contribution in [0.5, 0.6) is 5.75 Å². The normalized spacial score (nSPS) is 18.0. The molecule has 0 spiro atoms. The van der Waals surface area contributed by atoms with Crippen LogP contribution in [0.15, 0.2) is 41.8 Å². The minimum absolute atomic E-state index is 0.0663. The Morgan fingerprint density at radius 2 is 2.11 bits per heavy atom. The lowest BCUT2D eigenvalue weighted by Crippen LogP contribution is -2.18. The van der Waals surface area contributed by atoms with Gasteiger partial charge in [0, 0.05) is 17.6 Å². The predicted molar refractivity (Wildman–Crippen MR) is 104 cm³/mol. The van der Waals surface area contributed by atoms with Crippen LogP contribution in [0.25, 0.3) is 11.1 Å². The first-order valence-electron chi connectivity index (χ1n) is 9.24. The van der Waals surface area contributed by atoms with Crippen LogP contribution in [0.3, 0.4) is 0 Å². The first-order valence-corrected chi connectivity index (χ1v) is 9.24. The number of hydrogen-bond donors (Lipinski definition) is 2. The molecule has 0 saturated heterocycles. The number of esters is 1. The minimum Gasteiger partial charge on any atom is -0.507 e. The molecule has 4 nitrogen and oxygen atoms in total. The average Bonchev–Trinajstić information content (AvgIpc) is 2.63. The molecule has 0 aliphatic heterocycles. The summed E-state index contributed by atoms with van der Waals surface area (Å²) in [7, 11) is 1.23. The van der Waals surface area contributed by atoms with Gasteiger partial charge in [-0.3, -0.25) is 5.41 Å². The van der Waals surface area contributed by atoms with E-state index in [2.05, 4.69) is 4.74 Å². The summed E-state index contributed by atoms with van der Waals surface area (Å²) in [5.41, 5.74) is 2.76. The minimum atomic E-state index is -0.726. The lowest BCUT2D eigenvalue weighted by molar-refractivity contribution is -0.132. The van der Waals surface area contributed by atoms with E-state index in [0.717, 1.165) is 24.8 Å². The van der Waals surface area contributed by atoms with Gasteiger partial charge >= 0.3 is 5.97 Å². The molecular weight excluding hydrogens is 345 g/mol. The maximum atomic E-state index is 14.6. The van der Waals surface area contributed by atoms with Gasteiger partial charge in [-0.1, -0.05) is 24.6 Å². The maximum Gasteiger partial charge on any atom is 0.356 e. The van der Waals surface area contributed by atoms with Gasteiger partial charge in [0.2, 0.25) is 0 Å². The number of ether oxygens (including phenoxy) is 1. The zero-order valence-corrected chi connectivity index (χ0v) is 15.6. The van der Waals surface area contributed by atoms with Crippen molar-refractivity contribution in [2.45, 2.75) is 39.0 Å². The molecule has 0 bridgehead atoms. The number of aromatic hydroxyl groups is 1. The van der Waals surface area contributed by atoms with Crippen molar-refractivity contribution in [2.75, 3.05) is 7.11 Å². The molecule has 27 heavy (non-hydrogen) atoms. The molecule has 5 heteroatoms. The van der Waals surface area contributed by atoms with E-state index in [1.54, 1.807) is 25.1 Å². The fraction of sp³-hybridized carbons (Fsp3) is 0.364. The van der Waals surface area contributed by atoms with Crippen molar-refractivity contribution in [3.05, 3.63) is 52.9 Å². The number of methoxy groups -OCH3 is 1. The van der Waals surface area contributed by atoms with Gasteiger partial charge in [0.1, 0.15) is 17.3 Å². The molecule has 3 rings (SSSR count). The van der Waals surface area contributed by atoms with E-state index >= 15 is 0 Å². The largest absolute Gasteiger partial charge is 0.507 e. The molecule has 0 atom stereocenters. The number of nitrogens with one attached hydrogen (secondary N) is 1. The molecule has 1 aromatic rings. The van der Waals surface area contributed by atoms with Crippen LogP contribution in [0.4, 0.5) is 4.39 Å². The molecule has 2 N–H and O–H groups in total. The van der Waals surface area contributed by atoms with E-state index in [4.69, 9.17) is 5.41 Å². The summed E-state index contributed by atoms with van der Waals surface area (Å²) in [5, 5.41) is 18.5. The Kier molecular flexibility index (Phi) is 5.59. The Morgan fingerprint density at radius 1 is 1.37 bits per heavy atom. The summed E-state index contributed by atoms with van der Waals surface area (Å²) in [5.74, 6) is -0.544. The summed E-state index contributed by atoms with van der Waals surface area (Å²) in [4.78, 5) is 11.8. The predicted octanol–water partition coefficient (Wildman–Crippen LogP) is 5.19. The fourth-order valence-corrected chi connectivity index (χ4v) is 3.71. The summed E-state index contributed by atoms with van der Waals surface area (Å²) < 4.78 is 19.3. The lowest BCUT2D eigenvalue weighted by atomic mass is 9.73. The van der Waals surface area contributed by atoms with Gasteiger partial charge < -0.3 is 9.84 Å². The Labute approximate surface area is 158 Å². The Bertz CT molecular complexity index is 876. The van der Waals surface area contributed by atoms with E-state index in [9.17, 15) is 14.3 Å². The van der Waals surface area contributed by atoms with Crippen LogP contribution < -0.4 is 0 Å². The molecule has 1 saturated carbocycles. The Balaban J connectivity index is 2.04. The van der Waals surface area contributed by atoms with E-state index in [0.29, 0.717) is 35.1 Å². The number of allylic oxidation sites excluding steroid dienone is 5. The standard InChI is InChI=1S/C22H24FNO3/c1-3-15(21(24)22(26)27-2)14-10-11-19(25)17(12-14)16-8-5-9-18(23)20(16)13-6-4-7-13/h3,8,10-13,24-25H,4-7,9H2,1-2H3/b15-3-,24-21?. The van der Waals surface area contributed by atoms with Crippen molar-refractivity contribution >= 4 is 22.8 Å². The summed E-state index contributed by atoms with van der Waals surface area (Å²) in [6.07, 6.45) is 7.67. The summed E-state index contributed by atoms with van der Waals surface area (Å²) in [6, 6.07) is 4.91. The molecule has 0 amide bonds. The van der Waals surface area contributed by atoms with Gasteiger partial charge in [0.15, 0.2) is 0 Å². The molecular formula is C22H24FNO3. The zero-order valence-electron chi connectivity index (χ0n) is 15.6. The Morgan fingerprint density at radius 3 is 2.70 bits per heavy atom. The van der Waals surface area contributed by atoms with Gasteiger partial charge in [-0.05, 0) is 60.9 Å². The number of hydrogen-bond acceptors (Lipinski definition) is 4. The fourth-order valence-electron chi connectivity index (χ4n) is 3.71. The molecule has 2 aliphatic carbocycles. The van der Waals surface area contributed by atoms with Crippen LogP contribution in [0.1, 0.15) is 50.2 Å². The van der Waals surface area contributed by atoms with Gasteiger partial charge in [-0.15, -0.1) is 0 Å². The highest BCUT2D eigenvalue weighted by Crippen LogP contribution is 2.47. The number of carbonyl (C=O) groups excluding carboxylic acids is 1. The summed E-state index contributed by atoms with van der Waals surface area (Å²) in [6.45, 7) is 1.73. The van der Waals surface area contributed by atoms with Crippen molar-refractivity contribution in [3.63, 3.8) is 0 Å². The van der Waals surface area contributed by atoms with Crippen LogP contribution >= 0.6 is 0 Å². The van der Waals surface area contributed by atoms with E-state index in [1.165, 1.54) is 13.2 Å². The van der Waals surface area contributed by atoms with Gasteiger partial charge in [0.25, 0.3) is 0 Å². The molecule has 1 aromatic carbocycles. The number of rotatable bonds is 5. The van der Waals surface area contributed by atoms with Crippen LogP contribution in [-0.4, -0.2) is 23.9 Å². The van der Waals surface area contributed by atoms with Crippen molar-refractivity contribution in [2.24, 2.45) is 5.92 Å². The monoisotopic (exact) mass is 369 g/mol. The highest BCUT2D eigenvalue weighted by Gasteiger charge is 2.31. The first-order chi connectivity index (χ1) is 13.0. The number of carbonyl (C=O) groups is 1. The molecule has 1 fully saturated rings. The van der Waals surface area contributed by atoms with Crippen LogP contribution in [0.2, 0.25) is 0 Å². The van der Waals surface area contributed by atoms with Crippen molar-refractivity contribution in [1.29, 1.82) is 5.41 Å². The topological polar surface area (TPSA) is 70.4 Å². The van der Waals surface area contributed by atoms with Crippen molar-refractivity contribution < 1.29 is 19.0 Å². The third-order valence-electron chi connectivity index (χ3n) is 5.35. The third kappa shape index (κ3) is 3.59. The molecule has 142 valence electrons. The van der Waals surface area contributed by atoms with Crippen molar-refractivity contribution in [1.82, 2.24) is 0 Å². The quantitative estimate of drug-likeness (QED) is 0.554. The lowest BCUT2D eigenvalue weighted by Gasteiger charge is -2.32. The number of halogens is 1.